The van der Waals surface area contributed by atoms with Crippen LogP contribution in [0.25, 0.3) is 124 Å². The van der Waals surface area contributed by atoms with Gasteiger partial charge in [0.15, 0.2) is 36.2 Å². The van der Waals surface area contributed by atoms with E-state index in [1.54, 1.807) is 62.0 Å². The highest BCUT2D eigenvalue weighted by atomic mass is 32.2. The summed E-state index contributed by atoms with van der Waals surface area (Å²) in [5.74, 6) is 3.45. The molecule has 0 unspecified atom stereocenters. The molecule has 10 heterocycles. The minimum atomic E-state index is -1.05. The molecule has 0 aliphatic rings. The van der Waals surface area contributed by atoms with Crippen molar-refractivity contribution >= 4 is 122 Å². The van der Waals surface area contributed by atoms with Crippen molar-refractivity contribution in [2.75, 3.05) is 28.8 Å². The number of nitrogens with zero attached hydrogens (tertiary/aromatic N) is 22. The molecule has 137 heavy (non-hydrogen) atoms. The Hall–Kier alpha value is -16.2. The summed E-state index contributed by atoms with van der Waals surface area (Å²) in [6, 6.07) is 35.1. The number of non-ortho nitro benzene ring substituents is 4. The third kappa shape index (κ3) is 26.9. The van der Waals surface area contributed by atoms with Crippen LogP contribution in [-0.4, -0.2) is 205 Å². The number of nitro groups is 4. The van der Waals surface area contributed by atoms with Crippen molar-refractivity contribution in [3.8, 4) is 124 Å². The first-order valence-corrected chi connectivity index (χ1v) is 45.0. The minimum Gasteiger partial charge on any atom is -0.870 e. The molecule has 0 fully saturated rings. The van der Waals surface area contributed by atoms with Crippen LogP contribution in [0.3, 0.4) is 0 Å². The summed E-state index contributed by atoms with van der Waals surface area (Å²) in [5, 5.41) is 113. The average Bonchev–Trinajstić information content (AvgIpc) is 1.55. The van der Waals surface area contributed by atoms with E-state index >= 15 is 0 Å². The lowest BCUT2D eigenvalue weighted by atomic mass is 9.97. The van der Waals surface area contributed by atoms with E-state index < -0.39 is 25.7 Å². The summed E-state index contributed by atoms with van der Waals surface area (Å²) >= 11 is 6.03. The molecule has 0 atom stereocenters. The normalized spacial score (nSPS) is 10.8. The number of nitroso groups, excluding NO2 is 1. The number of carboxylic acids is 1. The molecule has 52 heteroatoms. The van der Waals surface area contributed by atoms with Crippen LogP contribution in [0.5, 0.6) is 0 Å². The number of nitrogens with one attached hydrogen (secondary N) is 6. The van der Waals surface area contributed by atoms with E-state index in [2.05, 4.69) is 107 Å². The highest BCUT2D eigenvalue weighted by Crippen LogP contribution is 2.41. The predicted octanol–water partition coefficient (Wildman–Crippen LogP) is 15.3. The molecule has 0 spiro atoms. The van der Waals surface area contributed by atoms with Crippen LogP contribution in [0.2, 0.25) is 0 Å². The van der Waals surface area contributed by atoms with Gasteiger partial charge in [-0.25, -0.2) is 24.9 Å². The second kappa shape index (κ2) is 46.0. The Morgan fingerprint density at radius 1 is 0.445 bits per heavy atom. The molecule has 0 radical (unpaired) electrons. The van der Waals surface area contributed by atoms with E-state index in [1.165, 1.54) is 147 Å². The number of hydrogen-bond donors (Lipinski definition) is 7. The molecule has 704 valence electrons. The maximum atomic E-state index is 11.6. The maximum Gasteiger partial charge on any atom is 0.325 e. The van der Waals surface area contributed by atoms with Gasteiger partial charge in [-0.05, 0) is 139 Å². The number of H-pyrrole nitrogens is 6. The van der Waals surface area contributed by atoms with Gasteiger partial charge in [-0.15, -0.1) is 35.1 Å². The Labute approximate surface area is 794 Å². The maximum absolute atomic E-state index is 11.6. The van der Waals surface area contributed by atoms with Crippen LogP contribution < -0.4 is 4.68 Å². The number of carbonyl (C=O) groups is 6. The Kier molecular flexibility index (Phi) is 34.0. The van der Waals surface area contributed by atoms with Crippen LogP contribution in [0, 0.1) is 80.0 Å². The average molecular weight is 1960 g/mol. The van der Waals surface area contributed by atoms with E-state index in [0.717, 1.165) is 45.5 Å². The van der Waals surface area contributed by atoms with Crippen molar-refractivity contribution in [1.82, 2.24) is 111 Å². The zero-order chi connectivity index (χ0) is 97.9. The molecule has 0 saturated carbocycles. The summed E-state index contributed by atoms with van der Waals surface area (Å²) < 4.78 is 15.4. The van der Waals surface area contributed by atoms with E-state index in [-0.39, 0.29) is 86.7 Å². The minimum absolute atomic E-state index is 0. The lowest BCUT2D eigenvalue weighted by Crippen LogP contribution is -2.31. The third-order valence-electron chi connectivity index (χ3n) is 19.0. The fourth-order valence-electron chi connectivity index (χ4n) is 13.0. The van der Waals surface area contributed by atoms with Gasteiger partial charge in [0.05, 0.1) is 83.4 Å². The fraction of sp³-hybridized carbons (Fsp3) is 0.212. The third-order valence-corrected chi connectivity index (χ3v) is 24.0. The van der Waals surface area contributed by atoms with Gasteiger partial charge >= 0.3 is 5.97 Å². The number of carboxylic acid groups (broad SMARTS) is 1. The standard InChI is InChI=1S/C21H17N5O4S.C17H18N6O3S.C16H14N6O5S.C16H15N5O4S.C15H14N6O2S.H2O/c1-12(27)11-31-21-22-20(23-24-21)16-8-15(9-17(10-16)26(28)29)18-13(2)30-25-19(18)14-6-4-3-5-7-14;1-9(24)8-27-17-18-16(19-20-17)13-5-12(6-14(7-13)23(25)26)15-10(2)21-22(4)11(15)3;1-9(23)8-28-16-18-15(19-20-16)11-2-10(3-13(4-11)22(26)27)12-5-17-21(6-12)7-14(24)25;1-8(22)7-26-16-17-15(18-19-16)12-4-11(5-13(6-12)21(23)24)14-9(2)20-25-10(14)3;1-9(22)8-24-15-17-14(18-19-15)11-5-10(6-12(7-11)20-23)13-3-4-16-21(13)2;/h3-10H,11H2,1-2H3,(H,22,23,24);5-7H,8H2,1-4H3,(H,18,19,20);2-6H,7-8H2,1H3,(H,24,25)(H,18,19,20);4-6H,7H2,1-3H3,(H,17,18,19);3-7H,8H2,1-2H3,(H,17,18,19);1H2. The lowest BCUT2D eigenvalue weighted by Gasteiger charge is -2.06. The first-order chi connectivity index (χ1) is 64.9. The van der Waals surface area contributed by atoms with Gasteiger partial charge in [0.1, 0.15) is 58.4 Å². The second-order valence-electron chi connectivity index (χ2n) is 29.7. The number of Topliss-reactive ketones (excluding diaryl/α,β-unsaturated/α-hetero) is 5. The van der Waals surface area contributed by atoms with Crippen LogP contribution in [0.15, 0.2) is 186 Å². The summed E-state index contributed by atoms with van der Waals surface area (Å²) in [4.78, 5) is 143. The van der Waals surface area contributed by atoms with Crippen LogP contribution in [0.4, 0.5) is 28.4 Å². The zero-order valence-electron chi connectivity index (χ0n) is 74.3. The number of aryl methyl sites for hydroxylation is 6. The molecule has 10 aromatic heterocycles. The highest BCUT2D eigenvalue weighted by molar-refractivity contribution is 8.00. The van der Waals surface area contributed by atoms with Gasteiger partial charge in [-0.1, -0.05) is 99.5 Å². The fourth-order valence-corrected chi connectivity index (χ4v) is 16.0. The molecule has 0 aliphatic heterocycles. The summed E-state index contributed by atoms with van der Waals surface area (Å²) in [6.07, 6.45) is 4.73. The van der Waals surface area contributed by atoms with Crippen molar-refractivity contribution in [2.45, 2.75) is 102 Å². The van der Waals surface area contributed by atoms with Crippen molar-refractivity contribution < 1.29 is 72.8 Å². The second-order valence-corrected chi connectivity index (χ2v) is 34.4. The van der Waals surface area contributed by atoms with Gasteiger partial charge in [0.25, 0.3) is 22.7 Å². The zero-order valence-corrected chi connectivity index (χ0v) is 78.4. The number of benzene rings is 6. The summed E-state index contributed by atoms with van der Waals surface area (Å²) in [7, 11) is 3.71. The Bertz CT molecular complexity index is 7190. The molecule has 16 aromatic rings. The van der Waals surface area contributed by atoms with Gasteiger partial charge in [-0.2, -0.15) is 15.3 Å². The topological polar surface area (TPSA) is 670 Å². The first-order valence-electron chi connectivity index (χ1n) is 40.1. The molecule has 0 saturated heterocycles. The Morgan fingerprint density at radius 3 is 1.15 bits per heavy atom. The van der Waals surface area contributed by atoms with Crippen molar-refractivity contribution in [3.63, 3.8) is 0 Å². The number of aliphatic carboxylic acids is 1. The van der Waals surface area contributed by atoms with Gasteiger partial charge < -0.3 is 19.6 Å². The Morgan fingerprint density at radius 2 is 0.796 bits per heavy atom. The number of thioether (sulfide) groups is 5. The lowest BCUT2D eigenvalue weighted by molar-refractivity contribution is -0.716. The number of ketones is 5. The van der Waals surface area contributed by atoms with E-state index in [9.17, 15) is 74.1 Å². The predicted molar refractivity (Wildman–Crippen MR) is 502 cm³/mol. The summed E-state index contributed by atoms with van der Waals surface area (Å²) in [6.45, 7) is 16.2. The van der Waals surface area contributed by atoms with Gasteiger partial charge in [-0.3, -0.25) is 104 Å². The molecule has 0 aliphatic carbocycles. The first kappa shape index (κ1) is 101. The number of hydrogen-bond acceptors (Lipinski definition) is 38. The Balaban J connectivity index is 0.000000164. The van der Waals surface area contributed by atoms with Crippen LogP contribution in [0.1, 0.15) is 63.2 Å². The molecule has 6 aromatic carbocycles. The van der Waals surface area contributed by atoms with E-state index in [0.29, 0.717) is 156 Å². The largest absolute Gasteiger partial charge is 0.870 e. The number of rotatable bonds is 33. The van der Waals surface area contributed by atoms with Crippen LogP contribution >= 0.6 is 58.8 Å². The molecular weight excluding hydrogens is 1880 g/mol. The van der Waals surface area contributed by atoms with Crippen molar-refractivity contribution in [3.05, 3.63) is 220 Å². The molecule has 8 N–H and O–H groups in total. The molecular formula is C85H80N28O19S5. The smallest absolute Gasteiger partial charge is 0.325 e. The van der Waals surface area contributed by atoms with Gasteiger partial charge in [0, 0.05) is 124 Å². The van der Waals surface area contributed by atoms with Crippen LogP contribution in [-0.2, 0) is 49.4 Å². The van der Waals surface area contributed by atoms with E-state index in [1.807, 2.05) is 81.2 Å². The summed E-state index contributed by atoms with van der Waals surface area (Å²) in [5.41, 5.74) is 13.2. The molecule has 16 rings (SSSR count). The number of nitro benzene ring substituents is 4. The highest BCUT2D eigenvalue weighted by Gasteiger charge is 2.27. The molecule has 0 amide bonds. The number of aromatic nitrogens is 23. The van der Waals surface area contributed by atoms with Crippen molar-refractivity contribution in [1.29, 1.82) is 0 Å². The quantitative estimate of drug-likeness (QED) is 0.00660. The van der Waals surface area contributed by atoms with E-state index in [4.69, 9.17) is 14.2 Å². The number of carbonyl (C=O) groups excluding carboxylic acids is 5. The molecule has 0 bridgehead atoms. The van der Waals surface area contributed by atoms with Crippen molar-refractivity contribution in [2.24, 2.45) is 19.3 Å². The molecule has 47 nitrogen and oxygen atoms in total. The van der Waals surface area contributed by atoms with Gasteiger partial charge in [0.2, 0.25) is 31.5 Å². The number of aromatic amines is 6. The SMILES string of the molecule is CC(=O)CSc1n[nH]c(-c2cc(-c3c(-c4ccccc4)noc3C)cc([N+](=O)[O-])c2)n1.CC(=O)CSc1n[nH]c(-c2cc(-c3c(C)nn(C)c3C)cc([N+](=O)[O-])c2)n1.CC(=O)CSc1n[nH]c(-c2cc(-c3c(C)noc3C)cc([N+](=O)[O-])c2)n1.CC(=O)CSc1n[nH]c(-c2cc(-c3cnn(CC(=O)O)c3)cc([N+](=O)[O-])c2)n1.CC(=O)CSc1n[nH]c(-c2cc(N=O)cc(-c3cc[nH][n+]3C)c2)n1.[OH-]. The monoisotopic (exact) mass is 1960 g/mol.